The van der Waals surface area contributed by atoms with Crippen LogP contribution in [0.25, 0.3) is 0 Å². The van der Waals surface area contributed by atoms with Gasteiger partial charge in [0.05, 0.1) is 19.4 Å². The van der Waals surface area contributed by atoms with Crippen molar-refractivity contribution in [2.45, 2.75) is 13.0 Å². The summed E-state index contributed by atoms with van der Waals surface area (Å²) in [6.45, 7) is 2.28. The van der Waals surface area contributed by atoms with Crippen molar-refractivity contribution in [1.82, 2.24) is 10.2 Å². The highest BCUT2D eigenvalue weighted by Gasteiger charge is 2.18. The van der Waals surface area contributed by atoms with Crippen molar-refractivity contribution in [1.29, 1.82) is 0 Å². The zero-order chi connectivity index (χ0) is 22.4. The van der Waals surface area contributed by atoms with E-state index in [9.17, 15) is 9.59 Å². The number of carbonyl (C=O) groups excluding carboxylic acids is 2. The molecule has 0 aliphatic rings. The molecule has 7 nitrogen and oxygen atoms in total. The van der Waals surface area contributed by atoms with Gasteiger partial charge in [0.1, 0.15) is 5.75 Å². The summed E-state index contributed by atoms with van der Waals surface area (Å²) in [5.74, 6) is 0.395. The van der Waals surface area contributed by atoms with Crippen molar-refractivity contribution in [2.75, 3.05) is 33.1 Å². The van der Waals surface area contributed by atoms with Crippen molar-refractivity contribution in [3.8, 4) is 5.75 Å². The average molecular weight is 421 g/mol. The molecule has 1 atom stereocenters. The van der Waals surface area contributed by atoms with E-state index < -0.39 is 0 Å². The molecule has 3 rings (SSSR count). The highest BCUT2D eigenvalue weighted by atomic mass is 16.5. The zero-order valence-electron chi connectivity index (χ0n) is 18.1. The summed E-state index contributed by atoms with van der Waals surface area (Å²) in [5, 5.41) is 5.79. The van der Waals surface area contributed by atoms with Gasteiger partial charge in [-0.3, -0.25) is 9.59 Å². The molecule has 0 bridgehead atoms. The van der Waals surface area contributed by atoms with Crippen LogP contribution in [0.1, 0.15) is 38.1 Å². The molecule has 0 fully saturated rings. The quantitative estimate of drug-likeness (QED) is 0.577. The molecule has 0 saturated heterocycles. The molecule has 2 N–H and O–H groups in total. The second-order valence-corrected chi connectivity index (χ2v) is 7.43. The van der Waals surface area contributed by atoms with Crippen LogP contribution < -0.4 is 15.4 Å². The van der Waals surface area contributed by atoms with Gasteiger partial charge in [-0.1, -0.05) is 18.2 Å². The van der Waals surface area contributed by atoms with E-state index in [2.05, 4.69) is 10.6 Å². The lowest BCUT2D eigenvalue weighted by molar-refractivity contribution is 0.0940. The predicted molar refractivity (Wildman–Crippen MR) is 120 cm³/mol. The maximum absolute atomic E-state index is 12.8. The molecule has 0 aliphatic carbocycles. The van der Waals surface area contributed by atoms with Gasteiger partial charge in [0.25, 0.3) is 11.8 Å². The van der Waals surface area contributed by atoms with Gasteiger partial charge < -0.3 is 24.7 Å². The van der Waals surface area contributed by atoms with Gasteiger partial charge in [0.15, 0.2) is 5.76 Å². The summed E-state index contributed by atoms with van der Waals surface area (Å²) < 4.78 is 10.4. The average Bonchev–Trinajstić information content (AvgIpc) is 3.30. The van der Waals surface area contributed by atoms with Gasteiger partial charge in [0, 0.05) is 17.8 Å². The Bertz CT molecular complexity index is 1040. The van der Waals surface area contributed by atoms with Crippen LogP contribution in [-0.2, 0) is 0 Å². The third-order valence-electron chi connectivity index (χ3n) is 5.05. The number of ether oxygens (including phenoxy) is 1. The van der Waals surface area contributed by atoms with Crippen LogP contribution in [0, 0.1) is 6.92 Å². The number of methoxy groups -OCH3 is 1. The van der Waals surface area contributed by atoms with Crippen molar-refractivity contribution in [3.63, 3.8) is 0 Å². The van der Waals surface area contributed by atoms with E-state index in [1.807, 2.05) is 50.2 Å². The number of furan rings is 1. The van der Waals surface area contributed by atoms with Gasteiger partial charge >= 0.3 is 0 Å². The first-order valence-corrected chi connectivity index (χ1v) is 9.93. The van der Waals surface area contributed by atoms with Crippen molar-refractivity contribution in [3.05, 3.63) is 83.3 Å². The van der Waals surface area contributed by atoms with E-state index in [1.54, 1.807) is 37.4 Å². The van der Waals surface area contributed by atoms with Crippen molar-refractivity contribution in [2.24, 2.45) is 0 Å². The fourth-order valence-electron chi connectivity index (χ4n) is 3.23. The SMILES string of the molecule is COc1cccc(C(CNC(=O)c2ccc(C)c(NC(=O)c3ccco3)c2)N(C)C)c1. The zero-order valence-corrected chi connectivity index (χ0v) is 18.1. The first kappa shape index (κ1) is 22.1. The standard InChI is InChI=1S/C24H27N3O4/c1-16-10-11-18(14-20(16)26-24(29)22-9-6-12-31-22)23(28)25-15-21(27(2)3)17-7-5-8-19(13-17)30-4/h5-14,21H,15H2,1-4H3,(H,25,28)(H,26,29). The molecule has 31 heavy (non-hydrogen) atoms. The van der Waals surface area contributed by atoms with E-state index in [0.717, 1.165) is 16.9 Å². The smallest absolute Gasteiger partial charge is 0.291 e. The minimum atomic E-state index is -0.364. The third-order valence-corrected chi connectivity index (χ3v) is 5.05. The third kappa shape index (κ3) is 5.52. The minimum absolute atomic E-state index is 0.0253. The molecule has 0 radical (unpaired) electrons. The first-order chi connectivity index (χ1) is 14.9. The number of carbonyl (C=O) groups is 2. The normalized spacial score (nSPS) is 11.8. The Morgan fingerprint density at radius 2 is 1.87 bits per heavy atom. The Labute approximate surface area is 182 Å². The highest BCUT2D eigenvalue weighted by molar-refractivity contribution is 6.03. The van der Waals surface area contributed by atoms with Crippen LogP contribution in [-0.4, -0.2) is 44.5 Å². The van der Waals surface area contributed by atoms with Crippen LogP contribution in [0.3, 0.4) is 0 Å². The molecule has 3 aromatic rings. The number of rotatable bonds is 8. The predicted octanol–water partition coefficient (Wildman–Crippen LogP) is 3.88. The van der Waals surface area contributed by atoms with Gasteiger partial charge in [-0.25, -0.2) is 0 Å². The summed E-state index contributed by atoms with van der Waals surface area (Å²) >= 11 is 0. The lowest BCUT2D eigenvalue weighted by Gasteiger charge is -2.25. The number of amides is 2. The minimum Gasteiger partial charge on any atom is -0.497 e. The Morgan fingerprint density at radius 1 is 1.06 bits per heavy atom. The van der Waals surface area contributed by atoms with E-state index in [-0.39, 0.29) is 23.6 Å². The summed E-state index contributed by atoms with van der Waals surface area (Å²) in [6, 6.07) is 16.2. The van der Waals surface area contributed by atoms with Crippen LogP contribution in [0.2, 0.25) is 0 Å². The van der Waals surface area contributed by atoms with Gasteiger partial charge in [-0.15, -0.1) is 0 Å². The molecule has 0 spiro atoms. The fraction of sp³-hybridized carbons (Fsp3) is 0.250. The van der Waals surface area contributed by atoms with Crippen LogP contribution in [0.5, 0.6) is 5.75 Å². The van der Waals surface area contributed by atoms with E-state index >= 15 is 0 Å². The molecule has 1 unspecified atom stereocenters. The molecular formula is C24H27N3O4. The summed E-state index contributed by atoms with van der Waals surface area (Å²) in [7, 11) is 5.56. The monoisotopic (exact) mass is 421 g/mol. The number of anilines is 1. The summed E-state index contributed by atoms with van der Waals surface area (Å²) in [5.41, 5.74) is 2.91. The number of aryl methyl sites for hydroxylation is 1. The maximum atomic E-state index is 12.8. The van der Waals surface area contributed by atoms with Crippen LogP contribution >= 0.6 is 0 Å². The lowest BCUT2D eigenvalue weighted by Crippen LogP contribution is -2.34. The number of hydrogen-bond acceptors (Lipinski definition) is 5. The Morgan fingerprint density at radius 3 is 2.55 bits per heavy atom. The topological polar surface area (TPSA) is 83.8 Å². The van der Waals surface area contributed by atoms with E-state index in [0.29, 0.717) is 17.8 Å². The Hall–Kier alpha value is -3.58. The largest absolute Gasteiger partial charge is 0.497 e. The molecule has 0 saturated carbocycles. The van der Waals surface area contributed by atoms with Crippen molar-refractivity contribution < 1.29 is 18.7 Å². The summed E-state index contributed by atoms with van der Waals surface area (Å²) in [6.07, 6.45) is 1.44. The molecule has 7 heteroatoms. The van der Waals surface area contributed by atoms with Crippen LogP contribution in [0.4, 0.5) is 5.69 Å². The number of likely N-dealkylation sites (N-methyl/N-ethyl adjacent to an activating group) is 1. The number of nitrogens with one attached hydrogen (secondary N) is 2. The second-order valence-electron chi connectivity index (χ2n) is 7.43. The Balaban J connectivity index is 1.71. The number of nitrogens with zero attached hydrogens (tertiary/aromatic N) is 1. The molecule has 2 aromatic carbocycles. The lowest BCUT2D eigenvalue weighted by atomic mass is 10.0. The Kier molecular flexibility index (Phi) is 7.10. The van der Waals surface area contributed by atoms with Crippen LogP contribution in [0.15, 0.2) is 65.3 Å². The highest BCUT2D eigenvalue weighted by Crippen LogP contribution is 2.23. The van der Waals surface area contributed by atoms with Gasteiger partial charge in [-0.2, -0.15) is 0 Å². The molecule has 0 aliphatic heterocycles. The molecule has 2 amide bonds. The number of benzene rings is 2. The maximum Gasteiger partial charge on any atom is 0.291 e. The van der Waals surface area contributed by atoms with E-state index in [1.165, 1.54) is 6.26 Å². The molecule has 1 heterocycles. The van der Waals surface area contributed by atoms with Gasteiger partial charge in [-0.05, 0) is 68.5 Å². The first-order valence-electron chi connectivity index (χ1n) is 9.93. The molecule has 162 valence electrons. The second kappa shape index (κ2) is 9.95. The van der Waals surface area contributed by atoms with Crippen molar-refractivity contribution >= 4 is 17.5 Å². The fourth-order valence-corrected chi connectivity index (χ4v) is 3.23. The molecular weight excluding hydrogens is 394 g/mol. The van der Waals surface area contributed by atoms with Gasteiger partial charge in [0.2, 0.25) is 0 Å². The summed E-state index contributed by atoms with van der Waals surface area (Å²) in [4.78, 5) is 27.1. The molecule has 1 aromatic heterocycles. The number of hydrogen-bond donors (Lipinski definition) is 2. The van der Waals surface area contributed by atoms with E-state index in [4.69, 9.17) is 9.15 Å².